The summed E-state index contributed by atoms with van der Waals surface area (Å²) in [4.78, 5) is 11.5. The quantitative estimate of drug-likeness (QED) is 0.812. The monoisotopic (exact) mass is 260 g/mol. The Kier molecular flexibility index (Phi) is 5.59. The van der Waals surface area contributed by atoms with E-state index in [-0.39, 0.29) is 6.09 Å². The van der Waals surface area contributed by atoms with Crippen LogP contribution in [0, 0.1) is 11.8 Å². The maximum atomic E-state index is 11.5. The average molecular weight is 260 g/mol. The highest BCUT2D eigenvalue weighted by atomic mass is 32.2. The molecule has 1 saturated heterocycles. The molecule has 1 amide bonds. The van der Waals surface area contributed by atoms with Gasteiger partial charge in [0.15, 0.2) is 0 Å². The summed E-state index contributed by atoms with van der Waals surface area (Å²) < 4.78 is 5.21. The van der Waals surface area contributed by atoms with Crippen LogP contribution in [0.25, 0.3) is 0 Å². The minimum Gasteiger partial charge on any atom is -0.444 e. The topological polar surface area (TPSA) is 64.3 Å². The Labute approximate surface area is 108 Å². The molecule has 17 heavy (non-hydrogen) atoms. The Balaban J connectivity index is 2.31. The Bertz CT molecular complexity index is 253. The van der Waals surface area contributed by atoms with E-state index in [0.717, 1.165) is 17.9 Å². The second kappa shape index (κ2) is 6.50. The van der Waals surface area contributed by atoms with Gasteiger partial charge >= 0.3 is 6.09 Å². The van der Waals surface area contributed by atoms with Crippen LogP contribution in [-0.2, 0) is 4.74 Å². The summed E-state index contributed by atoms with van der Waals surface area (Å²) >= 11 is 1.95. The van der Waals surface area contributed by atoms with E-state index in [1.165, 1.54) is 0 Å². The van der Waals surface area contributed by atoms with Crippen LogP contribution in [0.2, 0.25) is 0 Å². The van der Waals surface area contributed by atoms with Crippen molar-refractivity contribution in [1.29, 1.82) is 0 Å². The number of ether oxygens (including phenoxy) is 1. The number of alkyl carbamates (subject to hydrolysis) is 1. The Morgan fingerprint density at radius 3 is 2.76 bits per heavy atom. The van der Waals surface area contributed by atoms with Crippen LogP contribution in [0.15, 0.2) is 0 Å². The van der Waals surface area contributed by atoms with Crippen LogP contribution in [-0.4, -0.2) is 36.3 Å². The first-order chi connectivity index (χ1) is 7.92. The second-order valence-corrected chi connectivity index (χ2v) is 6.65. The first-order valence-electron chi connectivity index (χ1n) is 6.17. The van der Waals surface area contributed by atoms with Gasteiger partial charge in [0, 0.05) is 6.54 Å². The molecule has 0 unspecified atom stereocenters. The van der Waals surface area contributed by atoms with E-state index in [9.17, 15) is 4.79 Å². The molecule has 0 bridgehead atoms. The smallest absolute Gasteiger partial charge is 0.407 e. The molecule has 1 rings (SSSR count). The van der Waals surface area contributed by atoms with E-state index in [0.29, 0.717) is 24.9 Å². The molecule has 0 aromatic carbocycles. The Morgan fingerprint density at radius 1 is 1.47 bits per heavy atom. The first-order valence-corrected chi connectivity index (χ1v) is 7.32. The molecule has 0 spiro atoms. The van der Waals surface area contributed by atoms with E-state index >= 15 is 0 Å². The van der Waals surface area contributed by atoms with E-state index in [1.807, 2.05) is 32.5 Å². The molecule has 4 nitrogen and oxygen atoms in total. The number of carbonyl (C=O) groups excluding carboxylic acids is 1. The molecule has 1 fully saturated rings. The summed E-state index contributed by atoms with van der Waals surface area (Å²) in [6, 6.07) is 0. The molecule has 100 valence electrons. The fourth-order valence-electron chi connectivity index (χ4n) is 1.90. The summed E-state index contributed by atoms with van der Waals surface area (Å²) in [7, 11) is 0. The molecule has 0 aliphatic carbocycles. The van der Waals surface area contributed by atoms with Gasteiger partial charge in [0.2, 0.25) is 0 Å². The van der Waals surface area contributed by atoms with E-state index in [2.05, 4.69) is 5.32 Å². The Hall–Kier alpha value is -0.420. The lowest BCUT2D eigenvalue weighted by molar-refractivity contribution is 0.0513. The summed E-state index contributed by atoms with van der Waals surface area (Å²) in [6.07, 6.45) is 0.800. The first kappa shape index (κ1) is 14.6. The molecular weight excluding hydrogens is 236 g/mol. The number of thioether (sulfide) groups is 1. The molecular formula is C12H24N2O2S. The summed E-state index contributed by atoms with van der Waals surface area (Å²) in [5, 5.41) is 2.85. The predicted molar refractivity (Wildman–Crippen MR) is 72.2 cm³/mol. The number of amides is 1. The van der Waals surface area contributed by atoms with Crippen molar-refractivity contribution >= 4 is 17.9 Å². The molecule has 2 atom stereocenters. The molecule has 0 radical (unpaired) electrons. The molecule has 5 heteroatoms. The number of hydrogen-bond donors (Lipinski definition) is 2. The van der Waals surface area contributed by atoms with E-state index < -0.39 is 5.60 Å². The number of nitrogens with one attached hydrogen (secondary N) is 1. The molecule has 1 heterocycles. The number of rotatable bonds is 3. The zero-order chi connectivity index (χ0) is 12.9. The van der Waals surface area contributed by atoms with Crippen molar-refractivity contribution in [3.05, 3.63) is 0 Å². The van der Waals surface area contributed by atoms with Gasteiger partial charge in [-0.2, -0.15) is 11.8 Å². The highest BCUT2D eigenvalue weighted by molar-refractivity contribution is 7.99. The summed E-state index contributed by atoms with van der Waals surface area (Å²) in [6.45, 7) is 6.98. The maximum absolute atomic E-state index is 11.5. The molecule has 0 aromatic heterocycles. The predicted octanol–water partition coefficient (Wildman–Crippen LogP) is 1.84. The maximum Gasteiger partial charge on any atom is 0.407 e. The van der Waals surface area contributed by atoms with Gasteiger partial charge in [0.1, 0.15) is 5.60 Å². The van der Waals surface area contributed by atoms with Crippen molar-refractivity contribution in [3.8, 4) is 0 Å². The van der Waals surface area contributed by atoms with Gasteiger partial charge in [-0.25, -0.2) is 4.79 Å². The highest BCUT2D eigenvalue weighted by Crippen LogP contribution is 2.27. The number of hydrogen-bond acceptors (Lipinski definition) is 4. The third kappa shape index (κ3) is 5.64. The lowest BCUT2D eigenvalue weighted by Gasteiger charge is -2.30. The Morgan fingerprint density at radius 2 is 2.18 bits per heavy atom. The van der Waals surface area contributed by atoms with Crippen LogP contribution >= 0.6 is 11.8 Å². The standard InChI is InChI=1S/C12H24N2O2S/c1-12(2,3)16-11(15)14-7-9-4-5-17-8-10(9)6-13/h9-10H,4-8,13H2,1-3H3,(H,14,15)/t9-,10-/m0/s1. The lowest BCUT2D eigenvalue weighted by atomic mass is 9.91. The van der Waals surface area contributed by atoms with Gasteiger partial charge in [-0.3, -0.25) is 0 Å². The minimum absolute atomic E-state index is 0.327. The van der Waals surface area contributed by atoms with Crippen molar-refractivity contribution in [3.63, 3.8) is 0 Å². The summed E-state index contributed by atoms with van der Waals surface area (Å²) in [5.74, 6) is 3.28. The normalized spacial score (nSPS) is 25.4. The molecule has 3 N–H and O–H groups in total. The summed E-state index contributed by atoms with van der Waals surface area (Å²) in [5.41, 5.74) is 5.31. The van der Waals surface area contributed by atoms with Crippen LogP contribution < -0.4 is 11.1 Å². The van der Waals surface area contributed by atoms with Gasteiger partial charge in [0.05, 0.1) is 0 Å². The second-order valence-electron chi connectivity index (χ2n) is 5.50. The zero-order valence-corrected chi connectivity index (χ0v) is 11.8. The molecule has 0 saturated carbocycles. The van der Waals surface area contributed by atoms with Gasteiger partial charge in [-0.05, 0) is 57.1 Å². The largest absolute Gasteiger partial charge is 0.444 e. The lowest BCUT2D eigenvalue weighted by Crippen LogP contribution is -2.40. The molecule has 1 aliphatic heterocycles. The van der Waals surface area contributed by atoms with Crippen molar-refractivity contribution in [2.45, 2.75) is 32.8 Å². The van der Waals surface area contributed by atoms with Gasteiger partial charge < -0.3 is 15.8 Å². The SMILES string of the molecule is CC(C)(C)OC(=O)NC[C@@H]1CCSC[C@@H]1CN. The fraction of sp³-hybridized carbons (Fsp3) is 0.917. The van der Waals surface area contributed by atoms with Crippen molar-refractivity contribution < 1.29 is 9.53 Å². The van der Waals surface area contributed by atoms with Crippen LogP contribution in [0.4, 0.5) is 4.79 Å². The van der Waals surface area contributed by atoms with Crippen molar-refractivity contribution in [2.75, 3.05) is 24.6 Å². The van der Waals surface area contributed by atoms with Gasteiger partial charge in [-0.15, -0.1) is 0 Å². The third-order valence-electron chi connectivity index (χ3n) is 2.84. The van der Waals surface area contributed by atoms with Crippen molar-refractivity contribution in [2.24, 2.45) is 17.6 Å². The fourth-order valence-corrected chi connectivity index (χ4v) is 3.25. The van der Waals surface area contributed by atoms with Crippen LogP contribution in [0.3, 0.4) is 0 Å². The molecule has 0 aromatic rings. The minimum atomic E-state index is -0.431. The van der Waals surface area contributed by atoms with Crippen molar-refractivity contribution in [1.82, 2.24) is 5.32 Å². The number of carbonyl (C=O) groups is 1. The van der Waals surface area contributed by atoms with Crippen LogP contribution in [0.1, 0.15) is 27.2 Å². The average Bonchev–Trinajstić information content (AvgIpc) is 2.24. The van der Waals surface area contributed by atoms with Gasteiger partial charge in [0.25, 0.3) is 0 Å². The highest BCUT2D eigenvalue weighted by Gasteiger charge is 2.25. The molecule has 1 aliphatic rings. The zero-order valence-electron chi connectivity index (χ0n) is 11.0. The van der Waals surface area contributed by atoms with Crippen LogP contribution in [0.5, 0.6) is 0 Å². The van der Waals surface area contributed by atoms with Gasteiger partial charge in [-0.1, -0.05) is 0 Å². The number of nitrogens with two attached hydrogens (primary N) is 1. The third-order valence-corrected chi connectivity index (χ3v) is 4.03. The van der Waals surface area contributed by atoms with E-state index in [1.54, 1.807) is 0 Å². The van der Waals surface area contributed by atoms with E-state index in [4.69, 9.17) is 10.5 Å².